The van der Waals surface area contributed by atoms with E-state index in [2.05, 4.69) is 5.32 Å². The van der Waals surface area contributed by atoms with Crippen LogP contribution in [0.25, 0.3) is 0 Å². The predicted octanol–water partition coefficient (Wildman–Crippen LogP) is 2.75. The molecule has 0 aliphatic carbocycles. The second kappa shape index (κ2) is 11.6. The number of hydroxylamine groups is 1. The number of aliphatic hydroxyl groups excluding tert-OH is 1. The molecule has 0 spiro atoms. The largest absolute Gasteiger partial charge is 0.491 e. The molecular weight excluding hydrogens is 416 g/mol. The monoisotopic (exact) mass is 442 g/mol. The van der Waals surface area contributed by atoms with Crippen molar-refractivity contribution < 1.29 is 34.2 Å². The van der Waals surface area contributed by atoms with Crippen molar-refractivity contribution in [1.29, 1.82) is 0 Å². The van der Waals surface area contributed by atoms with Gasteiger partial charge < -0.3 is 14.6 Å². The molecule has 32 heavy (non-hydrogen) atoms. The first kappa shape index (κ1) is 24.6. The molecule has 0 unspecified atom stereocenters. The third-order valence-electron chi connectivity index (χ3n) is 4.45. The van der Waals surface area contributed by atoms with Gasteiger partial charge >= 0.3 is 6.09 Å². The van der Waals surface area contributed by atoms with Crippen molar-refractivity contribution in [2.24, 2.45) is 5.41 Å². The third-order valence-corrected chi connectivity index (χ3v) is 4.45. The van der Waals surface area contributed by atoms with Gasteiger partial charge in [0.05, 0.1) is 6.61 Å². The van der Waals surface area contributed by atoms with E-state index in [0.717, 1.165) is 6.08 Å². The number of amides is 3. The maximum atomic E-state index is 12.5. The van der Waals surface area contributed by atoms with Gasteiger partial charge in [-0.15, -0.1) is 0 Å². The van der Waals surface area contributed by atoms with Crippen LogP contribution in [0, 0.1) is 5.41 Å². The summed E-state index contributed by atoms with van der Waals surface area (Å²) in [6.45, 7) is 3.35. The molecule has 2 rings (SSSR count). The highest BCUT2D eigenvalue weighted by atomic mass is 16.6. The summed E-state index contributed by atoms with van der Waals surface area (Å²) in [5.41, 5.74) is 1.38. The number of carbonyl (C=O) groups is 3. The van der Waals surface area contributed by atoms with Gasteiger partial charge in [0, 0.05) is 17.1 Å². The Hall–Kier alpha value is -3.69. The molecule has 9 heteroatoms. The van der Waals surface area contributed by atoms with Gasteiger partial charge in [0.1, 0.15) is 18.5 Å². The number of ether oxygens (including phenoxy) is 2. The van der Waals surface area contributed by atoms with Crippen LogP contribution in [0.3, 0.4) is 0 Å². The highest BCUT2D eigenvalue weighted by Gasteiger charge is 2.33. The molecule has 0 bridgehead atoms. The summed E-state index contributed by atoms with van der Waals surface area (Å²) in [5.74, 6) is -0.929. The number of rotatable bonds is 9. The molecular formula is C23H26N2O7. The Bertz CT molecular complexity index is 958. The summed E-state index contributed by atoms with van der Waals surface area (Å²) in [7, 11) is 0. The molecule has 0 aliphatic heterocycles. The molecule has 1 atom stereocenters. The molecule has 0 aliphatic rings. The van der Waals surface area contributed by atoms with Crippen LogP contribution in [0.5, 0.6) is 5.75 Å². The van der Waals surface area contributed by atoms with E-state index in [9.17, 15) is 14.4 Å². The quantitative estimate of drug-likeness (QED) is 0.266. The molecule has 0 saturated heterocycles. The molecule has 0 fully saturated rings. The minimum absolute atomic E-state index is 0.0843. The minimum Gasteiger partial charge on any atom is -0.491 e. The number of alkyl carbamates (subject to hydrolysis) is 1. The Morgan fingerprint density at radius 2 is 1.81 bits per heavy atom. The van der Waals surface area contributed by atoms with Gasteiger partial charge in [-0.1, -0.05) is 50.3 Å². The number of imide groups is 1. The van der Waals surface area contributed by atoms with Crippen LogP contribution in [-0.2, 0) is 9.53 Å². The number of aliphatic hydroxyl groups is 1. The average molecular weight is 442 g/mol. The number of hydrogen-bond acceptors (Lipinski definition) is 7. The topological polar surface area (TPSA) is 134 Å². The van der Waals surface area contributed by atoms with Gasteiger partial charge in [0.2, 0.25) is 0 Å². The first-order chi connectivity index (χ1) is 15.3. The third kappa shape index (κ3) is 7.22. The average Bonchev–Trinajstić information content (AvgIpc) is 2.80. The van der Waals surface area contributed by atoms with E-state index in [1.807, 2.05) is 0 Å². The van der Waals surface area contributed by atoms with Gasteiger partial charge in [0.15, 0.2) is 0 Å². The molecule has 170 valence electrons. The van der Waals surface area contributed by atoms with Gasteiger partial charge in [-0.2, -0.15) is 0 Å². The molecule has 9 nitrogen and oxygen atoms in total. The lowest BCUT2D eigenvalue weighted by molar-refractivity contribution is -0.124. The second-order valence-corrected chi connectivity index (χ2v) is 7.38. The Kier molecular flexibility index (Phi) is 8.94. The van der Waals surface area contributed by atoms with Crippen LogP contribution in [0.1, 0.15) is 35.9 Å². The summed E-state index contributed by atoms with van der Waals surface area (Å²) in [4.78, 5) is 36.3. The Morgan fingerprint density at radius 1 is 1.09 bits per heavy atom. The van der Waals surface area contributed by atoms with Crippen LogP contribution in [0.4, 0.5) is 4.79 Å². The molecule has 2 aromatic carbocycles. The van der Waals surface area contributed by atoms with Gasteiger partial charge in [0.25, 0.3) is 11.8 Å². The molecule has 0 saturated carbocycles. The summed E-state index contributed by atoms with van der Waals surface area (Å²) in [5, 5.41) is 19.9. The number of nitrogens with one attached hydrogen (secondary N) is 2. The van der Waals surface area contributed by atoms with Crippen molar-refractivity contribution >= 4 is 17.9 Å². The molecule has 2 aromatic rings. The fourth-order valence-electron chi connectivity index (χ4n) is 2.89. The highest BCUT2D eigenvalue weighted by molar-refractivity contribution is 6.02. The van der Waals surface area contributed by atoms with Gasteiger partial charge in [-0.25, -0.2) is 10.3 Å². The molecule has 0 aromatic heterocycles. The second-order valence-electron chi connectivity index (χ2n) is 7.38. The molecule has 4 N–H and O–H groups in total. The van der Waals surface area contributed by atoms with Crippen LogP contribution >= 0.6 is 0 Å². The predicted molar refractivity (Wildman–Crippen MR) is 115 cm³/mol. The fourth-order valence-corrected chi connectivity index (χ4v) is 2.89. The van der Waals surface area contributed by atoms with E-state index in [1.54, 1.807) is 68.4 Å². The van der Waals surface area contributed by atoms with Crippen molar-refractivity contribution in [3.05, 3.63) is 77.9 Å². The Morgan fingerprint density at radius 3 is 2.47 bits per heavy atom. The summed E-state index contributed by atoms with van der Waals surface area (Å²) in [6, 6.07) is 14.9. The van der Waals surface area contributed by atoms with Crippen LogP contribution < -0.4 is 15.5 Å². The van der Waals surface area contributed by atoms with Crippen molar-refractivity contribution in [2.75, 3.05) is 13.2 Å². The molecule has 0 heterocycles. The summed E-state index contributed by atoms with van der Waals surface area (Å²) < 4.78 is 11.0. The Labute approximate surface area is 185 Å². The maximum absolute atomic E-state index is 12.5. The normalized spacial score (nSPS) is 12.1. The number of hydrogen-bond donors (Lipinski definition) is 4. The smallest absolute Gasteiger partial charge is 0.414 e. The number of benzene rings is 2. The van der Waals surface area contributed by atoms with Crippen LogP contribution in [-0.4, -0.2) is 41.4 Å². The fraction of sp³-hybridized carbons (Fsp3) is 0.261. The lowest BCUT2D eigenvalue weighted by Crippen LogP contribution is -2.35. The van der Waals surface area contributed by atoms with Crippen molar-refractivity contribution in [3.8, 4) is 5.75 Å². The SMILES string of the molecule is CC(C)(/C=C/C(=O)NO)[C@H](OC(=O)NC(=O)c1ccccc1)c1cccc(OCCO)c1. The lowest BCUT2D eigenvalue weighted by atomic mass is 9.82. The zero-order valence-electron chi connectivity index (χ0n) is 17.8. The zero-order chi connectivity index (χ0) is 23.6. The van der Waals surface area contributed by atoms with Gasteiger partial charge in [-0.3, -0.25) is 20.1 Å². The lowest BCUT2D eigenvalue weighted by Gasteiger charge is -2.31. The van der Waals surface area contributed by atoms with E-state index in [-0.39, 0.29) is 13.2 Å². The standard InChI is InChI=1S/C23H26N2O7/c1-23(2,12-11-19(27)25-30)20(17-9-6-10-18(15-17)31-14-13-26)32-22(29)24-21(28)16-7-4-3-5-8-16/h3-12,15,20,26,30H,13-14H2,1-2H3,(H,25,27)(H,24,28,29)/b12-11+/t20-/m1/s1. The Balaban J connectivity index is 2.29. The zero-order valence-corrected chi connectivity index (χ0v) is 17.8. The van der Waals surface area contributed by atoms with Crippen molar-refractivity contribution in [2.45, 2.75) is 20.0 Å². The first-order valence-electron chi connectivity index (χ1n) is 9.80. The van der Waals surface area contributed by atoms with Crippen LogP contribution in [0.15, 0.2) is 66.7 Å². The van der Waals surface area contributed by atoms with E-state index in [1.165, 1.54) is 11.6 Å². The van der Waals surface area contributed by atoms with Crippen molar-refractivity contribution in [1.82, 2.24) is 10.8 Å². The first-order valence-corrected chi connectivity index (χ1v) is 9.80. The van der Waals surface area contributed by atoms with E-state index in [0.29, 0.717) is 16.9 Å². The van der Waals surface area contributed by atoms with E-state index >= 15 is 0 Å². The summed E-state index contributed by atoms with van der Waals surface area (Å²) in [6.07, 6.45) is 0.664. The highest BCUT2D eigenvalue weighted by Crippen LogP contribution is 2.39. The summed E-state index contributed by atoms with van der Waals surface area (Å²) >= 11 is 0. The number of carbonyl (C=O) groups excluding carboxylic acids is 3. The van der Waals surface area contributed by atoms with Crippen LogP contribution in [0.2, 0.25) is 0 Å². The van der Waals surface area contributed by atoms with E-state index in [4.69, 9.17) is 19.8 Å². The molecule has 0 radical (unpaired) electrons. The maximum Gasteiger partial charge on any atom is 0.414 e. The molecule has 3 amide bonds. The minimum atomic E-state index is -0.974. The van der Waals surface area contributed by atoms with Crippen molar-refractivity contribution in [3.63, 3.8) is 0 Å². The van der Waals surface area contributed by atoms with Gasteiger partial charge in [-0.05, 0) is 29.8 Å². The van der Waals surface area contributed by atoms with E-state index < -0.39 is 29.4 Å².